The molecular weight excluding hydrogens is 315 g/mol. The van der Waals surface area contributed by atoms with Gasteiger partial charge in [-0.3, -0.25) is 10.1 Å². The van der Waals surface area contributed by atoms with E-state index in [9.17, 15) is 18.0 Å². The van der Waals surface area contributed by atoms with Crippen LogP contribution in [0.4, 0.5) is 19.2 Å². The minimum absolute atomic E-state index is 0.0586. The van der Waals surface area contributed by atoms with Crippen LogP contribution in [-0.4, -0.2) is 22.5 Å². The molecule has 1 heterocycles. The molecule has 0 aliphatic heterocycles. The number of hydrogen-bond donors (Lipinski definition) is 1. The van der Waals surface area contributed by atoms with Crippen LogP contribution < -0.4 is 10.1 Å². The first kappa shape index (κ1) is 16.8. The van der Waals surface area contributed by atoms with Gasteiger partial charge < -0.3 is 9.15 Å². The fourth-order valence-electron chi connectivity index (χ4n) is 1.71. The third kappa shape index (κ3) is 5.28. The normalized spacial score (nSPS) is 11.3. The van der Waals surface area contributed by atoms with Crippen LogP contribution in [0.25, 0.3) is 0 Å². The molecule has 124 valence electrons. The number of ether oxygens (including phenoxy) is 1. The number of rotatable bonds is 6. The van der Waals surface area contributed by atoms with Crippen LogP contribution in [0.15, 0.2) is 28.7 Å². The van der Waals surface area contributed by atoms with Gasteiger partial charge in [0.1, 0.15) is 5.75 Å². The first-order chi connectivity index (χ1) is 10.9. The Labute approximate surface area is 129 Å². The molecular formula is C14H14F3N3O3. The van der Waals surface area contributed by atoms with Gasteiger partial charge in [-0.15, -0.1) is 18.3 Å². The number of aromatic nitrogens is 2. The molecule has 0 spiro atoms. The Hall–Kier alpha value is -2.58. The highest BCUT2D eigenvalue weighted by atomic mass is 19.4. The molecule has 0 unspecified atom stereocenters. The molecule has 1 N–H and O–H groups in total. The van der Waals surface area contributed by atoms with Crippen molar-refractivity contribution in [1.29, 1.82) is 0 Å². The molecule has 0 atom stereocenters. The predicted octanol–water partition coefficient (Wildman–Crippen LogP) is 3.56. The first-order valence-electron chi connectivity index (χ1n) is 6.87. The zero-order valence-electron chi connectivity index (χ0n) is 12.2. The molecule has 0 saturated carbocycles. The average molecular weight is 329 g/mol. The number of alkyl halides is 3. The summed E-state index contributed by atoms with van der Waals surface area (Å²) in [7, 11) is 0. The molecule has 0 radical (unpaired) electrons. The van der Waals surface area contributed by atoms with Crippen molar-refractivity contribution in [2.24, 2.45) is 0 Å². The molecule has 0 aliphatic carbocycles. The smallest absolute Gasteiger partial charge is 0.408 e. The van der Waals surface area contributed by atoms with E-state index in [2.05, 4.69) is 20.3 Å². The Morgan fingerprint density at radius 2 is 1.96 bits per heavy atom. The van der Waals surface area contributed by atoms with Crippen LogP contribution in [-0.2, 0) is 6.42 Å². The van der Waals surface area contributed by atoms with E-state index in [0.717, 1.165) is 25.0 Å². The van der Waals surface area contributed by atoms with Crippen molar-refractivity contribution in [2.75, 3.05) is 5.32 Å². The predicted molar refractivity (Wildman–Crippen MR) is 74.0 cm³/mol. The summed E-state index contributed by atoms with van der Waals surface area (Å²) in [6.45, 7) is 2.02. The van der Waals surface area contributed by atoms with Crippen LogP contribution in [0.5, 0.6) is 5.75 Å². The number of nitrogens with one attached hydrogen (secondary N) is 1. The van der Waals surface area contributed by atoms with Gasteiger partial charge in [-0.05, 0) is 30.7 Å². The lowest BCUT2D eigenvalue weighted by Gasteiger charge is -2.08. The third-order valence-electron chi connectivity index (χ3n) is 2.78. The number of carbonyl (C=O) groups excluding carboxylic acids is 1. The number of carbonyl (C=O) groups is 1. The SMILES string of the molecule is CCCCc1nnc(NC(=O)c2ccc(OC(F)(F)F)cc2)o1. The van der Waals surface area contributed by atoms with Crippen LogP contribution >= 0.6 is 0 Å². The molecule has 0 saturated heterocycles. The summed E-state index contributed by atoms with van der Waals surface area (Å²) in [4.78, 5) is 11.9. The minimum atomic E-state index is -4.78. The zero-order chi connectivity index (χ0) is 16.9. The topological polar surface area (TPSA) is 77.2 Å². The van der Waals surface area contributed by atoms with Crippen LogP contribution in [0.2, 0.25) is 0 Å². The number of benzene rings is 1. The summed E-state index contributed by atoms with van der Waals surface area (Å²) in [6, 6.07) is 4.43. The molecule has 1 aromatic carbocycles. The minimum Gasteiger partial charge on any atom is -0.408 e. The third-order valence-corrected chi connectivity index (χ3v) is 2.78. The highest BCUT2D eigenvalue weighted by Gasteiger charge is 2.31. The molecule has 1 aromatic heterocycles. The Morgan fingerprint density at radius 1 is 1.26 bits per heavy atom. The molecule has 6 nitrogen and oxygen atoms in total. The van der Waals surface area contributed by atoms with Gasteiger partial charge >= 0.3 is 12.4 Å². The Morgan fingerprint density at radius 3 is 2.57 bits per heavy atom. The van der Waals surface area contributed by atoms with E-state index in [1.54, 1.807) is 0 Å². The summed E-state index contributed by atoms with van der Waals surface area (Å²) in [5.41, 5.74) is 0.132. The van der Waals surface area contributed by atoms with E-state index < -0.39 is 18.0 Å². The van der Waals surface area contributed by atoms with E-state index in [1.807, 2.05) is 6.92 Å². The summed E-state index contributed by atoms with van der Waals surface area (Å²) in [5, 5.41) is 9.84. The van der Waals surface area contributed by atoms with E-state index in [0.29, 0.717) is 12.3 Å². The molecule has 9 heteroatoms. The van der Waals surface area contributed by atoms with Gasteiger partial charge in [0.2, 0.25) is 5.89 Å². The van der Waals surface area contributed by atoms with E-state index in [1.165, 1.54) is 12.1 Å². The lowest BCUT2D eigenvalue weighted by molar-refractivity contribution is -0.274. The number of hydrogen-bond acceptors (Lipinski definition) is 5. The van der Waals surface area contributed by atoms with Crippen molar-refractivity contribution in [3.63, 3.8) is 0 Å². The second-order valence-electron chi connectivity index (χ2n) is 4.63. The molecule has 2 aromatic rings. The maximum absolute atomic E-state index is 12.0. The van der Waals surface area contributed by atoms with Gasteiger partial charge in [0.15, 0.2) is 0 Å². The maximum atomic E-state index is 12.0. The van der Waals surface area contributed by atoms with Crippen LogP contribution in [0, 0.1) is 0 Å². The Balaban J connectivity index is 1.96. The fourth-order valence-corrected chi connectivity index (χ4v) is 1.71. The Bertz CT molecular complexity index is 653. The van der Waals surface area contributed by atoms with Gasteiger partial charge in [-0.1, -0.05) is 18.4 Å². The average Bonchev–Trinajstić information content (AvgIpc) is 2.91. The number of unbranched alkanes of at least 4 members (excludes halogenated alkanes) is 1. The largest absolute Gasteiger partial charge is 0.573 e. The lowest BCUT2D eigenvalue weighted by Crippen LogP contribution is -2.17. The van der Waals surface area contributed by atoms with Crippen molar-refractivity contribution in [1.82, 2.24) is 10.2 Å². The van der Waals surface area contributed by atoms with E-state index >= 15 is 0 Å². The second kappa shape index (κ2) is 7.12. The summed E-state index contributed by atoms with van der Waals surface area (Å²) in [5.74, 6) is -0.570. The van der Waals surface area contributed by atoms with Gasteiger partial charge in [0.25, 0.3) is 5.91 Å². The summed E-state index contributed by atoms with van der Waals surface area (Å²) >= 11 is 0. The van der Waals surface area contributed by atoms with Crippen molar-refractivity contribution in [2.45, 2.75) is 32.5 Å². The number of halogens is 3. The molecule has 0 fully saturated rings. The van der Waals surface area contributed by atoms with E-state index in [4.69, 9.17) is 4.42 Å². The number of amides is 1. The fraction of sp³-hybridized carbons (Fsp3) is 0.357. The lowest BCUT2D eigenvalue weighted by atomic mass is 10.2. The highest BCUT2D eigenvalue weighted by Crippen LogP contribution is 2.23. The molecule has 2 rings (SSSR count). The monoisotopic (exact) mass is 329 g/mol. The number of anilines is 1. The van der Waals surface area contributed by atoms with Crippen molar-refractivity contribution < 1.29 is 27.1 Å². The number of aryl methyl sites for hydroxylation is 1. The van der Waals surface area contributed by atoms with Gasteiger partial charge in [0.05, 0.1) is 0 Å². The van der Waals surface area contributed by atoms with Gasteiger partial charge in [-0.25, -0.2) is 0 Å². The van der Waals surface area contributed by atoms with Crippen molar-refractivity contribution in [3.8, 4) is 5.75 Å². The van der Waals surface area contributed by atoms with Gasteiger partial charge in [0, 0.05) is 12.0 Å². The van der Waals surface area contributed by atoms with Crippen molar-refractivity contribution >= 4 is 11.9 Å². The molecule has 0 aliphatic rings. The number of nitrogens with zero attached hydrogens (tertiary/aromatic N) is 2. The van der Waals surface area contributed by atoms with Gasteiger partial charge in [-0.2, -0.15) is 0 Å². The first-order valence-corrected chi connectivity index (χ1v) is 6.87. The molecule has 23 heavy (non-hydrogen) atoms. The van der Waals surface area contributed by atoms with E-state index in [-0.39, 0.29) is 11.6 Å². The summed E-state index contributed by atoms with van der Waals surface area (Å²) < 4.78 is 45.1. The van der Waals surface area contributed by atoms with Crippen LogP contribution in [0.3, 0.4) is 0 Å². The quantitative estimate of drug-likeness (QED) is 0.877. The molecule has 1 amide bonds. The zero-order valence-corrected chi connectivity index (χ0v) is 12.2. The standard InChI is InChI=1S/C14H14F3N3O3/c1-2-3-4-11-19-20-13(22-11)18-12(21)9-5-7-10(8-6-9)23-14(15,16)17/h5-8H,2-4H2,1H3,(H,18,20,21). The molecule has 0 bridgehead atoms. The van der Waals surface area contributed by atoms with Crippen molar-refractivity contribution in [3.05, 3.63) is 35.7 Å². The second-order valence-corrected chi connectivity index (χ2v) is 4.63. The highest BCUT2D eigenvalue weighted by molar-refractivity contribution is 6.03. The maximum Gasteiger partial charge on any atom is 0.573 e. The van der Waals surface area contributed by atoms with Crippen LogP contribution in [0.1, 0.15) is 36.0 Å². The Kier molecular flexibility index (Phi) is 5.20. The summed E-state index contributed by atoms with van der Waals surface area (Å²) in [6.07, 6.45) is -2.31.